The number of methoxy groups -OCH3 is 3. The largest absolute Gasteiger partial charge is 0.496 e. The molecule has 0 bridgehead atoms. The number of nitrogens with one attached hydrogen (secondary N) is 1. The second kappa shape index (κ2) is 12.4. The zero-order valence-electron chi connectivity index (χ0n) is 23.2. The molecule has 1 atom stereocenters. The fourth-order valence-corrected chi connectivity index (χ4v) is 5.77. The van der Waals surface area contributed by atoms with Crippen molar-refractivity contribution in [1.29, 1.82) is 0 Å². The van der Waals surface area contributed by atoms with E-state index in [0.29, 0.717) is 5.75 Å². The molecule has 39 heavy (non-hydrogen) atoms. The number of nitrogens with zero attached hydrogens (tertiary/aromatic N) is 1. The SMILES string of the molecule is COc1ccc(S(=O)(=O)N(CC(=O)N[C@@H](C)c2cc(C(C)C)c(OC)cc2C)c2ccc(F)cc2)cc1OC. The van der Waals surface area contributed by atoms with E-state index < -0.39 is 34.3 Å². The number of carbonyl (C=O) groups excluding carboxylic acids is 1. The molecule has 10 heteroatoms. The van der Waals surface area contributed by atoms with Gasteiger partial charge in [-0.1, -0.05) is 13.8 Å². The lowest BCUT2D eigenvalue weighted by Crippen LogP contribution is -2.41. The Morgan fingerprint density at radius 1 is 0.872 bits per heavy atom. The molecule has 1 N–H and O–H groups in total. The minimum atomic E-state index is -4.26. The van der Waals surface area contributed by atoms with Crippen LogP contribution in [0.1, 0.15) is 49.4 Å². The molecule has 0 aliphatic rings. The van der Waals surface area contributed by atoms with E-state index in [-0.39, 0.29) is 22.3 Å². The molecule has 210 valence electrons. The summed E-state index contributed by atoms with van der Waals surface area (Å²) in [4.78, 5) is 13.2. The summed E-state index contributed by atoms with van der Waals surface area (Å²) in [5, 5.41) is 2.91. The van der Waals surface area contributed by atoms with Crippen LogP contribution < -0.4 is 23.8 Å². The number of anilines is 1. The molecule has 0 saturated heterocycles. The highest BCUT2D eigenvalue weighted by atomic mass is 32.2. The Kier molecular flexibility index (Phi) is 9.45. The lowest BCUT2D eigenvalue weighted by atomic mass is 9.93. The van der Waals surface area contributed by atoms with Crippen LogP contribution in [0, 0.1) is 12.7 Å². The van der Waals surface area contributed by atoms with Crippen LogP contribution >= 0.6 is 0 Å². The van der Waals surface area contributed by atoms with E-state index in [1.54, 1.807) is 7.11 Å². The van der Waals surface area contributed by atoms with Gasteiger partial charge in [-0.05, 0) is 85.0 Å². The van der Waals surface area contributed by atoms with E-state index in [1.807, 2.05) is 26.0 Å². The van der Waals surface area contributed by atoms with Gasteiger partial charge in [-0.3, -0.25) is 9.10 Å². The Bertz CT molecular complexity index is 1420. The second-order valence-electron chi connectivity index (χ2n) is 9.40. The molecular weight excluding hydrogens is 523 g/mol. The lowest BCUT2D eigenvalue weighted by molar-refractivity contribution is -0.120. The highest BCUT2D eigenvalue weighted by Crippen LogP contribution is 2.34. The molecule has 0 unspecified atom stereocenters. The van der Waals surface area contributed by atoms with E-state index in [9.17, 15) is 17.6 Å². The van der Waals surface area contributed by atoms with Gasteiger partial charge in [-0.2, -0.15) is 0 Å². The topological polar surface area (TPSA) is 94.2 Å². The quantitative estimate of drug-likeness (QED) is 0.341. The summed E-state index contributed by atoms with van der Waals surface area (Å²) in [6.45, 7) is 7.34. The Labute approximate surface area is 229 Å². The number of aryl methyl sites for hydroxylation is 1. The Balaban J connectivity index is 1.95. The maximum absolute atomic E-state index is 13.8. The zero-order valence-corrected chi connectivity index (χ0v) is 24.1. The fraction of sp³-hybridized carbons (Fsp3) is 0.345. The maximum atomic E-state index is 13.8. The van der Waals surface area contributed by atoms with Crippen LogP contribution in [0.2, 0.25) is 0 Å². The second-order valence-corrected chi connectivity index (χ2v) is 11.3. The molecule has 8 nitrogen and oxygen atoms in total. The summed E-state index contributed by atoms with van der Waals surface area (Å²) in [7, 11) is 0.199. The Hall–Kier alpha value is -3.79. The van der Waals surface area contributed by atoms with Crippen molar-refractivity contribution in [1.82, 2.24) is 5.32 Å². The first-order valence-corrected chi connectivity index (χ1v) is 13.8. The summed E-state index contributed by atoms with van der Waals surface area (Å²) >= 11 is 0. The highest BCUT2D eigenvalue weighted by molar-refractivity contribution is 7.92. The fourth-order valence-electron chi connectivity index (χ4n) is 4.33. The standard InChI is InChI=1S/C29H35FN2O6S/c1-18(2)24-16-25(19(3)14-27(24)37-6)20(4)31-29(33)17-32(22-10-8-21(30)9-11-22)39(34,35)23-12-13-26(36-5)28(15-23)38-7/h8-16,18,20H,17H2,1-7H3,(H,31,33)/t20-/m0/s1. The molecule has 0 spiro atoms. The molecular formula is C29H35FN2O6S. The first-order chi connectivity index (χ1) is 18.4. The first kappa shape index (κ1) is 29.8. The van der Waals surface area contributed by atoms with E-state index in [1.165, 1.54) is 44.6 Å². The van der Waals surface area contributed by atoms with Crippen LogP contribution in [0.4, 0.5) is 10.1 Å². The number of amides is 1. The van der Waals surface area contributed by atoms with Gasteiger partial charge in [0.15, 0.2) is 11.5 Å². The summed E-state index contributed by atoms with van der Waals surface area (Å²) in [5.41, 5.74) is 2.96. The Morgan fingerprint density at radius 3 is 2.05 bits per heavy atom. The van der Waals surface area contributed by atoms with Crippen molar-refractivity contribution in [3.63, 3.8) is 0 Å². The van der Waals surface area contributed by atoms with Gasteiger partial charge in [0.1, 0.15) is 18.1 Å². The van der Waals surface area contributed by atoms with Crippen LogP contribution in [0.25, 0.3) is 0 Å². The summed E-state index contributed by atoms with van der Waals surface area (Å²) < 4.78 is 58.1. The first-order valence-electron chi connectivity index (χ1n) is 12.4. The Morgan fingerprint density at radius 2 is 1.49 bits per heavy atom. The number of ether oxygens (including phenoxy) is 3. The molecule has 0 saturated carbocycles. The van der Waals surface area contributed by atoms with Crippen LogP contribution in [0.15, 0.2) is 59.5 Å². The molecule has 3 aromatic carbocycles. The van der Waals surface area contributed by atoms with Crippen molar-refractivity contribution in [3.05, 3.63) is 77.1 Å². The predicted octanol–water partition coefficient (Wildman–Crippen LogP) is 5.36. The van der Waals surface area contributed by atoms with E-state index in [2.05, 4.69) is 19.2 Å². The summed E-state index contributed by atoms with van der Waals surface area (Å²) in [6.07, 6.45) is 0. The molecule has 3 rings (SSSR count). The van der Waals surface area contributed by atoms with E-state index >= 15 is 0 Å². The van der Waals surface area contributed by atoms with E-state index in [0.717, 1.165) is 38.9 Å². The zero-order chi connectivity index (χ0) is 28.9. The van der Waals surface area contributed by atoms with Crippen molar-refractivity contribution in [2.75, 3.05) is 32.2 Å². The summed E-state index contributed by atoms with van der Waals surface area (Å²) in [5.74, 6) is 0.475. The predicted molar refractivity (Wildman–Crippen MR) is 149 cm³/mol. The van der Waals surface area contributed by atoms with Crippen LogP contribution in [0.3, 0.4) is 0 Å². The van der Waals surface area contributed by atoms with Gasteiger partial charge in [0.2, 0.25) is 5.91 Å². The highest BCUT2D eigenvalue weighted by Gasteiger charge is 2.29. The number of carbonyl (C=O) groups is 1. The molecule has 0 aliphatic heterocycles. The van der Waals surface area contributed by atoms with Gasteiger partial charge in [0, 0.05) is 6.07 Å². The molecule has 0 radical (unpaired) electrons. The molecule has 3 aromatic rings. The van der Waals surface area contributed by atoms with Crippen molar-refractivity contribution in [2.45, 2.75) is 44.6 Å². The van der Waals surface area contributed by atoms with Gasteiger partial charge in [-0.15, -0.1) is 0 Å². The van der Waals surface area contributed by atoms with Crippen molar-refractivity contribution in [2.24, 2.45) is 0 Å². The van der Waals surface area contributed by atoms with Crippen molar-refractivity contribution in [3.8, 4) is 17.2 Å². The summed E-state index contributed by atoms with van der Waals surface area (Å²) in [6, 6.07) is 12.6. The molecule has 0 heterocycles. The third kappa shape index (κ3) is 6.62. The van der Waals surface area contributed by atoms with E-state index in [4.69, 9.17) is 14.2 Å². The molecule has 0 aliphatic carbocycles. The number of hydrogen-bond acceptors (Lipinski definition) is 6. The smallest absolute Gasteiger partial charge is 0.264 e. The minimum Gasteiger partial charge on any atom is -0.496 e. The van der Waals surface area contributed by atoms with Gasteiger partial charge in [-0.25, -0.2) is 12.8 Å². The van der Waals surface area contributed by atoms with Gasteiger partial charge in [0.05, 0.1) is 38.0 Å². The number of hydrogen-bond donors (Lipinski definition) is 1. The number of halogens is 1. The number of benzene rings is 3. The van der Waals surface area contributed by atoms with Crippen LogP contribution in [-0.2, 0) is 14.8 Å². The molecule has 1 amide bonds. The van der Waals surface area contributed by atoms with Gasteiger partial charge < -0.3 is 19.5 Å². The lowest BCUT2D eigenvalue weighted by Gasteiger charge is -2.26. The molecule has 0 aromatic heterocycles. The monoisotopic (exact) mass is 558 g/mol. The van der Waals surface area contributed by atoms with Crippen LogP contribution in [0.5, 0.6) is 17.2 Å². The van der Waals surface area contributed by atoms with Gasteiger partial charge in [0.25, 0.3) is 10.0 Å². The molecule has 0 fully saturated rings. The van der Waals surface area contributed by atoms with Gasteiger partial charge >= 0.3 is 0 Å². The minimum absolute atomic E-state index is 0.113. The average Bonchev–Trinajstić information content (AvgIpc) is 2.91. The third-order valence-corrected chi connectivity index (χ3v) is 8.20. The van der Waals surface area contributed by atoms with Crippen molar-refractivity contribution >= 4 is 21.6 Å². The normalized spacial score (nSPS) is 12.1. The average molecular weight is 559 g/mol. The maximum Gasteiger partial charge on any atom is 0.264 e. The van der Waals surface area contributed by atoms with Crippen LogP contribution in [-0.4, -0.2) is 42.2 Å². The third-order valence-electron chi connectivity index (χ3n) is 6.43. The van der Waals surface area contributed by atoms with Crippen molar-refractivity contribution < 1.29 is 31.8 Å². The number of rotatable bonds is 11. The number of sulfonamides is 1.